The summed E-state index contributed by atoms with van der Waals surface area (Å²) in [4.78, 5) is 28.6. The molecule has 0 unspecified atom stereocenters. The normalized spacial score (nSPS) is 18.5. The third-order valence-corrected chi connectivity index (χ3v) is 6.31. The first-order valence-corrected chi connectivity index (χ1v) is 10.9. The van der Waals surface area contributed by atoms with Gasteiger partial charge in [0.2, 0.25) is 5.91 Å². The monoisotopic (exact) mass is 450 g/mol. The molecule has 1 heterocycles. The maximum Gasteiger partial charge on any atom is 0.244 e. The Morgan fingerprint density at radius 3 is 2.50 bits per heavy atom. The number of carbonyl (C=O) groups is 2. The van der Waals surface area contributed by atoms with Gasteiger partial charge >= 0.3 is 0 Å². The molecule has 0 bridgehead atoms. The van der Waals surface area contributed by atoms with Crippen LogP contribution in [0.1, 0.15) is 41.3 Å². The molecule has 0 saturated carbocycles. The highest BCUT2D eigenvalue weighted by atomic mass is 35.5. The van der Waals surface area contributed by atoms with E-state index in [0.29, 0.717) is 34.8 Å². The maximum atomic E-state index is 13.4. The van der Waals surface area contributed by atoms with Crippen molar-refractivity contribution in [1.29, 1.82) is 0 Å². The summed E-state index contributed by atoms with van der Waals surface area (Å²) in [6.07, 6.45) is 1.57. The van der Waals surface area contributed by atoms with E-state index in [4.69, 9.17) is 11.6 Å². The highest BCUT2D eigenvalue weighted by Crippen LogP contribution is 2.33. The first-order chi connectivity index (χ1) is 15.4. The molecule has 3 aromatic carbocycles. The average Bonchev–Trinajstić information content (AvgIpc) is 3.18. The number of amides is 1. The SMILES string of the molecule is C[C@]1(C(=O)Nc2ccc(Cl)cc2C(=O)c2ccccc2)CCCN1Cc1ccc(F)cc1. The van der Waals surface area contributed by atoms with Gasteiger partial charge in [-0.15, -0.1) is 0 Å². The Morgan fingerprint density at radius 2 is 1.78 bits per heavy atom. The minimum atomic E-state index is -0.749. The van der Waals surface area contributed by atoms with E-state index in [1.807, 2.05) is 13.0 Å². The van der Waals surface area contributed by atoms with Crippen LogP contribution < -0.4 is 5.32 Å². The molecule has 32 heavy (non-hydrogen) atoms. The van der Waals surface area contributed by atoms with Gasteiger partial charge in [-0.2, -0.15) is 0 Å². The second-order valence-corrected chi connectivity index (χ2v) is 8.70. The van der Waals surface area contributed by atoms with Crippen molar-refractivity contribution in [1.82, 2.24) is 4.90 Å². The number of likely N-dealkylation sites (tertiary alicyclic amines) is 1. The smallest absolute Gasteiger partial charge is 0.244 e. The third-order valence-electron chi connectivity index (χ3n) is 6.08. The summed E-state index contributed by atoms with van der Waals surface area (Å²) in [5.74, 6) is -0.668. The summed E-state index contributed by atoms with van der Waals surface area (Å²) >= 11 is 6.16. The number of anilines is 1. The molecule has 1 amide bonds. The van der Waals surface area contributed by atoms with Crippen molar-refractivity contribution in [2.24, 2.45) is 0 Å². The Bertz CT molecular complexity index is 1130. The first-order valence-electron chi connectivity index (χ1n) is 10.6. The van der Waals surface area contributed by atoms with Gasteiger partial charge in [0.05, 0.1) is 11.2 Å². The van der Waals surface area contributed by atoms with Crippen LogP contribution in [0.25, 0.3) is 0 Å². The van der Waals surface area contributed by atoms with Gasteiger partial charge in [0, 0.05) is 22.7 Å². The topological polar surface area (TPSA) is 49.4 Å². The van der Waals surface area contributed by atoms with Crippen LogP contribution in [0.3, 0.4) is 0 Å². The van der Waals surface area contributed by atoms with Gasteiger partial charge < -0.3 is 5.32 Å². The lowest BCUT2D eigenvalue weighted by Gasteiger charge is -2.34. The van der Waals surface area contributed by atoms with E-state index in [-0.39, 0.29) is 17.5 Å². The lowest BCUT2D eigenvalue weighted by atomic mass is 9.96. The van der Waals surface area contributed by atoms with E-state index in [0.717, 1.165) is 18.5 Å². The lowest BCUT2D eigenvalue weighted by molar-refractivity contribution is -0.125. The summed E-state index contributed by atoms with van der Waals surface area (Å²) in [6.45, 7) is 3.21. The van der Waals surface area contributed by atoms with Crippen LogP contribution in [0.15, 0.2) is 72.8 Å². The highest BCUT2D eigenvalue weighted by molar-refractivity contribution is 6.31. The molecule has 0 aliphatic carbocycles. The fourth-order valence-electron chi connectivity index (χ4n) is 4.16. The Balaban J connectivity index is 1.58. The van der Waals surface area contributed by atoms with Crippen LogP contribution in [-0.2, 0) is 11.3 Å². The summed E-state index contributed by atoms with van der Waals surface area (Å²) < 4.78 is 13.3. The first kappa shape index (κ1) is 22.2. The fraction of sp³-hybridized carbons (Fsp3) is 0.231. The molecule has 1 N–H and O–H groups in total. The zero-order valence-electron chi connectivity index (χ0n) is 17.8. The Kier molecular flexibility index (Phi) is 6.40. The van der Waals surface area contributed by atoms with Crippen molar-refractivity contribution < 1.29 is 14.0 Å². The van der Waals surface area contributed by atoms with E-state index in [1.54, 1.807) is 54.6 Å². The minimum Gasteiger partial charge on any atom is -0.324 e. The van der Waals surface area contributed by atoms with Gasteiger partial charge in [0.15, 0.2) is 5.78 Å². The van der Waals surface area contributed by atoms with Gasteiger partial charge in [0.1, 0.15) is 5.82 Å². The summed E-state index contributed by atoms with van der Waals surface area (Å²) in [7, 11) is 0. The predicted molar refractivity (Wildman–Crippen MR) is 124 cm³/mol. The molecule has 0 aromatic heterocycles. The predicted octanol–water partition coefficient (Wildman–Crippen LogP) is 5.70. The van der Waals surface area contributed by atoms with Crippen molar-refractivity contribution in [3.8, 4) is 0 Å². The third kappa shape index (κ3) is 4.59. The molecule has 1 aliphatic rings. The van der Waals surface area contributed by atoms with Gasteiger partial charge in [-0.25, -0.2) is 4.39 Å². The van der Waals surface area contributed by atoms with E-state index in [2.05, 4.69) is 10.2 Å². The molecule has 1 aliphatic heterocycles. The van der Waals surface area contributed by atoms with E-state index >= 15 is 0 Å². The number of ketones is 1. The zero-order valence-corrected chi connectivity index (χ0v) is 18.5. The summed E-state index contributed by atoms with van der Waals surface area (Å²) in [6, 6.07) is 20.1. The minimum absolute atomic E-state index is 0.179. The number of nitrogens with zero attached hydrogens (tertiary/aromatic N) is 1. The molecule has 1 fully saturated rings. The van der Waals surface area contributed by atoms with Crippen molar-refractivity contribution in [3.05, 3.63) is 100 Å². The van der Waals surface area contributed by atoms with Crippen LogP contribution in [0, 0.1) is 5.82 Å². The maximum absolute atomic E-state index is 13.4. The molecule has 4 nitrogen and oxygen atoms in total. The second kappa shape index (κ2) is 9.23. The van der Waals surface area contributed by atoms with Crippen molar-refractivity contribution >= 4 is 29.0 Å². The number of carbonyl (C=O) groups excluding carboxylic acids is 2. The molecule has 164 valence electrons. The summed E-state index contributed by atoms with van der Waals surface area (Å²) in [5, 5.41) is 3.40. The molecule has 6 heteroatoms. The quantitative estimate of drug-likeness (QED) is 0.490. The number of rotatable bonds is 6. The van der Waals surface area contributed by atoms with E-state index in [9.17, 15) is 14.0 Å². The Morgan fingerprint density at radius 1 is 1.06 bits per heavy atom. The van der Waals surface area contributed by atoms with Gasteiger partial charge in [-0.3, -0.25) is 14.5 Å². The van der Waals surface area contributed by atoms with Gasteiger partial charge in [0.25, 0.3) is 0 Å². The van der Waals surface area contributed by atoms with Crippen LogP contribution >= 0.6 is 11.6 Å². The Labute approximate surface area is 192 Å². The van der Waals surface area contributed by atoms with Crippen molar-refractivity contribution in [3.63, 3.8) is 0 Å². The van der Waals surface area contributed by atoms with Crippen LogP contribution in [-0.4, -0.2) is 28.7 Å². The number of hydrogen-bond acceptors (Lipinski definition) is 3. The molecule has 3 aromatic rings. The zero-order chi connectivity index (χ0) is 22.7. The average molecular weight is 451 g/mol. The number of halogens is 2. The fourth-order valence-corrected chi connectivity index (χ4v) is 4.33. The largest absolute Gasteiger partial charge is 0.324 e. The Hall–Kier alpha value is -3.02. The van der Waals surface area contributed by atoms with E-state index < -0.39 is 5.54 Å². The van der Waals surface area contributed by atoms with E-state index in [1.165, 1.54) is 12.1 Å². The van der Waals surface area contributed by atoms with Crippen molar-refractivity contribution in [2.75, 3.05) is 11.9 Å². The van der Waals surface area contributed by atoms with Crippen LogP contribution in [0.4, 0.5) is 10.1 Å². The number of hydrogen-bond donors (Lipinski definition) is 1. The molecule has 1 saturated heterocycles. The van der Waals surface area contributed by atoms with Gasteiger partial charge in [-0.1, -0.05) is 54.1 Å². The number of benzene rings is 3. The molecule has 4 rings (SSSR count). The molecular formula is C26H24ClFN2O2. The molecule has 0 radical (unpaired) electrons. The highest BCUT2D eigenvalue weighted by Gasteiger charge is 2.43. The summed E-state index contributed by atoms with van der Waals surface area (Å²) in [5.41, 5.74) is 1.50. The standard InChI is InChI=1S/C26H24ClFN2O2/c1-26(14-5-15-30(26)17-18-8-11-21(28)12-9-18)25(32)29-23-13-10-20(27)16-22(23)24(31)19-6-3-2-4-7-19/h2-4,6-13,16H,5,14-15,17H2,1H3,(H,29,32)/t26-/m1/s1. The lowest BCUT2D eigenvalue weighted by Crippen LogP contribution is -2.50. The van der Waals surface area contributed by atoms with Crippen LogP contribution in [0.5, 0.6) is 0 Å². The molecule has 0 spiro atoms. The second-order valence-electron chi connectivity index (χ2n) is 8.26. The van der Waals surface area contributed by atoms with Gasteiger partial charge in [-0.05, 0) is 62.2 Å². The number of nitrogens with one attached hydrogen (secondary N) is 1. The van der Waals surface area contributed by atoms with Crippen molar-refractivity contribution in [2.45, 2.75) is 31.8 Å². The van der Waals surface area contributed by atoms with Crippen LogP contribution in [0.2, 0.25) is 5.02 Å². The molecule has 1 atom stereocenters. The molecular weight excluding hydrogens is 427 g/mol.